The van der Waals surface area contributed by atoms with E-state index in [-0.39, 0.29) is 5.82 Å². The molecule has 0 saturated carbocycles. The number of nitrogen functional groups attached to an aromatic ring is 1. The van der Waals surface area contributed by atoms with E-state index < -0.39 is 31.2 Å². The third-order valence-corrected chi connectivity index (χ3v) is 4.20. The Hall–Kier alpha value is -2.56. The average Bonchev–Trinajstić information content (AvgIpc) is 3.28. The first-order valence-corrected chi connectivity index (χ1v) is 7.30. The highest BCUT2D eigenvalue weighted by Crippen LogP contribution is 2.38. The molecule has 0 bridgehead atoms. The van der Waals surface area contributed by atoms with Crippen molar-refractivity contribution in [1.82, 2.24) is 24.7 Å². The first kappa shape index (κ1) is 15.0. The number of nitrogens with one attached hydrogen (secondary N) is 1. The third kappa shape index (κ3) is 2.08. The van der Waals surface area contributed by atoms with Crippen molar-refractivity contribution < 1.29 is 19.3 Å². The lowest BCUT2D eigenvalue weighted by atomic mass is 10.1. The molecule has 5 N–H and O–H groups in total. The Morgan fingerprint density at radius 3 is 2.92 bits per heavy atom. The van der Waals surface area contributed by atoms with Crippen LogP contribution in [-0.2, 0) is 4.74 Å². The zero-order valence-electron chi connectivity index (χ0n) is 12.4. The Morgan fingerprint density at radius 2 is 2.25 bits per heavy atom. The minimum Gasteiger partial charge on any atom is -0.394 e. The van der Waals surface area contributed by atoms with Crippen LogP contribution in [0, 0.1) is 0 Å². The zero-order chi connectivity index (χ0) is 16.8. The largest absolute Gasteiger partial charge is 0.394 e. The molecule has 0 radical (unpaired) electrons. The van der Waals surface area contributed by atoms with E-state index >= 15 is 0 Å². The highest BCUT2D eigenvalue weighted by Gasteiger charge is 2.45. The SMILES string of the molecule is Nc1ncnc2c1c(-c1cn[nH]c1)cn2[C@@H]1O[C@H](CO)[C@@H](O)[C@@H]1F. The first-order valence-electron chi connectivity index (χ1n) is 7.30. The van der Waals surface area contributed by atoms with E-state index in [1.54, 1.807) is 18.6 Å². The average molecular weight is 334 g/mol. The predicted molar refractivity (Wildman–Crippen MR) is 81.4 cm³/mol. The molecular weight excluding hydrogens is 319 g/mol. The lowest BCUT2D eigenvalue weighted by molar-refractivity contribution is -0.0457. The molecule has 3 aromatic heterocycles. The van der Waals surface area contributed by atoms with Gasteiger partial charge in [-0.25, -0.2) is 14.4 Å². The van der Waals surface area contributed by atoms with Crippen LogP contribution in [0.5, 0.6) is 0 Å². The van der Waals surface area contributed by atoms with Crippen LogP contribution >= 0.6 is 0 Å². The maximum absolute atomic E-state index is 14.5. The topological polar surface area (TPSA) is 135 Å². The Kier molecular flexibility index (Phi) is 3.44. The summed E-state index contributed by atoms with van der Waals surface area (Å²) in [5, 5.41) is 26.2. The number of ether oxygens (including phenoxy) is 1. The highest BCUT2D eigenvalue weighted by molar-refractivity contribution is 6.00. The van der Waals surface area contributed by atoms with Gasteiger partial charge in [-0.2, -0.15) is 5.10 Å². The molecule has 0 amide bonds. The van der Waals surface area contributed by atoms with E-state index in [0.717, 1.165) is 5.56 Å². The predicted octanol–water partition coefficient (Wildman–Crippen LogP) is -0.00770. The van der Waals surface area contributed by atoms with Gasteiger partial charge in [-0.15, -0.1) is 0 Å². The minimum absolute atomic E-state index is 0.239. The molecule has 1 aliphatic rings. The molecule has 4 atom stereocenters. The number of halogens is 1. The van der Waals surface area contributed by atoms with Crippen molar-refractivity contribution in [3.05, 3.63) is 24.9 Å². The van der Waals surface area contributed by atoms with Crippen LogP contribution in [0.15, 0.2) is 24.9 Å². The Morgan fingerprint density at radius 1 is 1.42 bits per heavy atom. The van der Waals surface area contributed by atoms with Gasteiger partial charge in [0.05, 0.1) is 18.2 Å². The second-order valence-electron chi connectivity index (χ2n) is 5.58. The summed E-state index contributed by atoms with van der Waals surface area (Å²) < 4.78 is 21.4. The normalized spacial score (nSPS) is 27.1. The van der Waals surface area contributed by atoms with E-state index in [1.807, 2.05) is 0 Å². The van der Waals surface area contributed by atoms with Crippen LogP contribution in [0.1, 0.15) is 6.23 Å². The number of hydrogen-bond donors (Lipinski definition) is 4. The maximum atomic E-state index is 14.5. The monoisotopic (exact) mass is 334 g/mol. The molecule has 126 valence electrons. The minimum atomic E-state index is -1.72. The fraction of sp³-hybridized carbons (Fsp3) is 0.357. The summed E-state index contributed by atoms with van der Waals surface area (Å²) in [7, 11) is 0. The molecule has 24 heavy (non-hydrogen) atoms. The first-order chi connectivity index (χ1) is 11.6. The number of anilines is 1. The van der Waals surface area contributed by atoms with Crippen molar-refractivity contribution in [3.63, 3.8) is 0 Å². The van der Waals surface area contributed by atoms with E-state index in [9.17, 15) is 14.6 Å². The second kappa shape index (κ2) is 5.51. The summed E-state index contributed by atoms with van der Waals surface area (Å²) in [5.41, 5.74) is 7.74. The van der Waals surface area contributed by atoms with Crippen molar-refractivity contribution in [2.75, 3.05) is 12.3 Å². The van der Waals surface area contributed by atoms with E-state index in [0.29, 0.717) is 16.6 Å². The molecule has 0 spiro atoms. The van der Waals surface area contributed by atoms with Crippen molar-refractivity contribution in [2.24, 2.45) is 0 Å². The van der Waals surface area contributed by atoms with Gasteiger partial charge in [0.25, 0.3) is 0 Å². The number of nitrogens with zero attached hydrogens (tertiary/aromatic N) is 4. The molecular formula is C14H15FN6O3. The fourth-order valence-corrected chi connectivity index (χ4v) is 3.00. The molecule has 0 aromatic carbocycles. The molecule has 1 saturated heterocycles. The van der Waals surface area contributed by atoms with Gasteiger partial charge < -0.3 is 25.3 Å². The van der Waals surface area contributed by atoms with Gasteiger partial charge >= 0.3 is 0 Å². The number of aromatic nitrogens is 5. The highest BCUT2D eigenvalue weighted by atomic mass is 19.1. The number of hydrogen-bond acceptors (Lipinski definition) is 7. The molecule has 9 nitrogen and oxygen atoms in total. The van der Waals surface area contributed by atoms with E-state index in [2.05, 4.69) is 20.2 Å². The number of alkyl halides is 1. The number of aliphatic hydroxyl groups excluding tert-OH is 2. The Balaban J connectivity index is 1.90. The van der Waals surface area contributed by atoms with Crippen molar-refractivity contribution in [2.45, 2.75) is 24.6 Å². The van der Waals surface area contributed by atoms with Gasteiger partial charge in [0.1, 0.15) is 30.0 Å². The molecule has 0 aliphatic carbocycles. The van der Waals surface area contributed by atoms with Crippen molar-refractivity contribution >= 4 is 16.9 Å². The maximum Gasteiger partial charge on any atom is 0.173 e. The summed E-state index contributed by atoms with van der Waals surface area (Å²) in [6, 6.07) is 0. The van der Waals surface area contributed by atoms with Crippen LogP contribution in [0.25, 0.3) is 22.2 Å². The van der Waals surface area contributed by atoms with Gasteiger partial charge in [0.15, 0.2) is 12.4 Å². The van der Waals surface area contributed by atoms with Crippen LogP contribution in [0.2, 0.25) is 0 Å². The van der Waals surface area contributed by atoms with Crippen molar-refractivity contribution in [1.29, 1.82) is 0 Å². The summed E-state index contributed by atoms with van der Waals surface area (Å²) >= 11 is 0. The molecule has 4 rings (SSSR count). The van der Waals surface area contributed by atoms with Crippen LogP contribution in [0.3, 0.4) is 0 Å². The quantitative estimate of drug-likeness (QED) is 0.529. The number of H-pyrrole nitrogens is 1. The standard InChI is InChI=1S/C14H15FN6O3/c15-10-11(23)8(4-22)24-14(10)21-3-7(6-1-19-20-2-6)9-12(16)17-5-18-13(9)21/h1-3,5,8,10-11,14,22-23H,4H2,(H,19,20)(H2,16,17,18)/t8-,10+,11-,14-/m1/s1. The van der Waals surface area contributed by atoms with Crippen molar-refractivity contribution in [3.8, 4) is 11.1 Å². The number of aliphatic hydroxyl groups is 2. The lowest BCUT2D eigenvalue weighted by Crippen LogP contribution is -2.30. The van der Waals surface area contributed by atoms with E-state index in [1.165, 1.54) is 10.9 Å². The number of fused-ring (bicyclic) bond motifs is 1. The summed E-state index contributed by atoms with van der Waals surface area (Å²) in [6.07, 6.45) is 0.895. The smallest absolute Gasteiger partial charge is 0.173 e. The van der Waals surface area contributed by atoms with E-state index in [4.69, 9.17) is 10.5 Å². The molecule has 1 fully saturated rings. The molecule has 4 heterocycles. The molecule has 3 aromatic rings. The molecule has 1 aliphatic heterocycles. The van der Waals surface area contributed by atoms with Crippen LogP contribution < -0.4 is 5.73 Å². The number of nitrogens with two attached hydrogens (primary N) is 1. The lowest BCUT2D eigenvalue weighted by Gasteiger charge is -2.15. The third-order valence-electron chi connectivity index (χ3n) is 4.20. The van der Waals surface area contributed by atoms with Crippen LogP contribution in [0.4, 0.5) is 10.2 Å². The molecule has 0 unspecified atom stereocenters. The Bertz CT molecular complexity index is 867. The van der Waals surface area contributed by atoms with Gasteiger partial charge in [-0.1, -0.05) is 0 Å². The van der Waals surface area contributed by atoms with Gasteiger partial charge in [0.2, 0.25) is 0 Å². The van der Waals surface area contributed by atoms with Gasteiger partial charge in [-0.05, 0) is 0 Å². The van der Waals surface area contributed by atoms with Gasteiger partial charge in [0, 0.05) is 23.5 Å². The fourth-order valence-electron chi connectivity index (χ4n) is 3.00. The summed E-state index contributed by atoms with van der Waals surface area (Å²) in [5.74, 6) is 0.239. The summed E-state index contributed by atoms with van der Waals surface area (Å²) in [6.45, 7) is -0.483. The Labute approximate surface area is 134 Å². The second-order valence-corrected chi connectivity index (χ2v) is 5.58. The van der Waals surface area contributed by atoms with Gasteiger partial charge in [-0.3, -0.25) is 5.10 Å². The number of aromatic amines is 1. The van der Waals surface area contributed by atoms with Crippen LogP contribution in [-0.4, -0.2) is 59.9 Å². The molecule has 10 heteroatoms. The zero-order valence-corrected chi connectivity index (χ0v) is 12.4. The number of rotatable bonds is 3. The summed E-state index contributed by atoms with van der Waals surface area (Å²) in [4.78, 5) is 8.16.